The number of thiocarbonyl (C=S) groups is 1. The van der Waals surface area contributed by atoms with Crippen molar-refractivity contribution in [1.82, 2.24) is 14.2 Å². The van der Waals surface area contributed by atoms with E-state index in [9.17, 15) is 21.6 Å². The third-order valence-electron chi connectivity index (χ3n) is 4.91. The Morgan fingerprint density at radius 2 is 1.81 bits per heavy atom. The fourth-order valence-corrected chi connectivity index (χ4v) is 5.09. The molecule has 0 bridgehead atoms. The molecule has 1 fully saturated rings. The van der Waals surface area contributed by atoms with Gasteiger partial charge in [0.15, 0.2) is 0 Å². The van der Waals surface area contributed by atoms with Crippen molar-refractivity contribution < 1.29 is 21.6 Å². The zero-order valence-corrected chi connectivity index (χ0v) is 18.7. The maximum Gasteiger partial charge on any atom is 0.416 e. The Bertz CT molecular complexity index is 1050. The molecular weight excluding hydrogens is 449 g/mol. The molecule has 0 radical (unpaired) electrons. The molecule has 1 saturated heterocycles. The Balaban J connectivity index is 1.60. The van der Waals surface area contributed by atoms with Gasteiger partial charge in [0, 0.05) is 31.9 Å². The number of nitrogens with zero attached hydrogens (tertiary/aromatic N) is 3. The van der Waals surface area contributed by atoms with Gasteiger partial charge in [-0.1, -0.05) is 18.3 Å². The summed E-state index contributed by atoms with van der Waals surface area (Å²) in [7, 11) is -4.02. The number of sulfonamides is 1. The summed E-state index contributed by atoms with van der Waals surface area (Å²) in [6, 6.07) is 7.69. The highest BCUT2D eigenvalue weighted by molar-refractivity contribution is 7.89. The second kappa shape index (κ2) is 9.09. The largest absolute Gasteiger partial charge is 0.416 e. The number of rotatable bonds is 5. The van der Waals surface area contributed by atoms with Gasteiger partial charge in [-0.25, -0.2) is 13.4 Å². The van der Waals surface area contributed by atoms with Crippen LogP contribution >= 0.6 is 12.2 Å². The lowest BCUT2D eigenvalue weighted by molar-refractivity contribution is -0.137. The van der Waals surface area contributed by atoms with Gasteiger partial charge in [-0.3, -0.25) is 0 Å². The van der Waals surface area contributed by atoms with Gasteiger partial charge >= 0.3 is 6.18 Å². The number of benzene rings is 1. The summed E-state index contributed by atoms with van der Waals surface area (Å²) in [5.74, 6) is 0.714. The molecule has 1 aromatic carbocycles. The summed E-state index contributed by atoms with van der Waals surface area (Å²) in [5, 5.41) is 3.18. The summed E-state index contributed by atoms with van der Waals surface area (Å²) in [6.07, 6.45) is -4.60. The number of halogens is 3. The number of alkyl halides is 3. The van der Waals surface area contributed by atoms with Crippen LogP contribution in [0.1, 0.15) is 16.8 Å². The van der Waals surface area contributed by atoms with Crippen molar-refractivity contribution >= 4 is 33.0 Å². The van der Waals surface area contributed by atoms with Gasteiger partial charge in [-0.15, -0.1) is 0 Å². The third-order valence-corrected chi connectivity index (χ3v) is 7.21. The van der Waals surface area contributed by atoms with Crippen LogP contribution in [0.15, 0.2) is 41.3 Å². The highest BCUT2D eigenvalue weighted by Crippen LogP contribution is 2.31. The number of piperazine rings is 1. The molecule has 11 heteroatoms. The van der Waals surface area contributed by atoms with Crippen molar-refractivity contribution in [3.8, 4) is 0 Å². The molecule has 1 N–H and O–H groups in total. The minimum atomic E-state index is -4.60. The fourth-order valence-electron chi connectivity index (χ4n) is 3.37. The minimum absolute atomic E-state index is 0.139. The number of pyridine rings is 1. The Morgan fingerprint density at radius 1 is 1.13 bits per heavy atom. The Labute approximate surface area is 185 Å². The molecule has 0 amide bonds. The van der Waals surface area contributed by atoms with Crippen LogP contribution < -0.4 is 5.32 Å². The van der Waals surface area contributed by atoms with Crippen molar-refractivity contribution in [2.75, 3.05) is 38.0 Å². The molecule has 2 aromatic rings. The van der Waals surface area contributed by atoms with E-state index in [1.54, 1.807) is 0 Å². The standard InChI is InChI=1S/C20H23F3N4O2S2/c1-14-10-15(2)25-18(11-14)24-13-19(30)26-6-8-27(9-7-26)31(28,29)17-5-3-4-16(12-17)20(21,22)23/h3-5,10-12H,6-9,13H2,1-2H3,(H,24,25). The monoisotopic (exact) mass is 472 g/mol. The second-order valence-corrected chi connectivity index (χ2v) is 9.74. The first kappa shape index (κ1) is 23.4. The molecule has 0 unspecified atom stereocenters. The lowest BCUT2D eigenvalue weighted by Gasteiger charge is -2.35. The van der Waals surface area contributed by atoms with Gasteiger partial charge < -0.3 is 10.2 Å². The number of anilines is 1. The molecule has 0 saturated carbocycles. The molecule has 2 heterocycles. The van der Waals surface area contributed by atoms with E-state index in [-0.39, 0.29) is 18.0 Å². The van der Waals surface area contributed by atoms with Gasteiger partial charge in [-0.05, 0) is 49.7 Å². The lowest BCUT2D eigenvalue weighted by atomic mass is 10.2. The van der Waals surface area contributed by atoms with E-state index >= 15 is 0 Å². The van der Waals surface area contributed by atoms with Crippen LogP contribution in [-0.2, 0) is 16.2 Å². The average molecular weight is 473 g/mol. The highest BCUT2D eigenvalue weighted by atomic mass is 32.2. The fraction of sp³-hybridized carbons (Fsp3) is 0.400. The molecule has 0 atom stereocenters. The van der Waals surface area contributed by atoms with Gasteiger partial charge in [0.2, 0.25) is 10.0 Å². The first-order valence-electron chi connectivity index (χ1n) is 9.61. The summed E-state index contributed by atoms with van der Waals surface area (Å²) in [6.45, 7) is 5.26. The normalized spacial score (nSPS) is 15.7. The molecular formula is C20H23F3N4O2S2. The average Bonchev–Trinajstić information content (AvgIpc) is 2.71. The maximum absolute atomic E-state index is 12.9. The molecule has 0 spiro atoms. The van der Waals surface area contributed by atoms with E-state index in [1.807, 2.05) is 30.9 Å². The Morgan fingerprint density at radius 3 is 2.42 bits per heavy atom. The summed E-state index contributed by atoms with van der Waals surface area (Å²) < 4.78 is 65.6. The van der Waals surface area contributed by atoms with Crippen LogP contribution in [-0.4, -0.2) is 60.3 Å². The Hall–Kier alpha value is -2.24. The molecule has 1 aliphatic rings. The predicted octanol–water partition coefficient (Wildman–Crippen LogP) is 3.46. The van der Waals surface area contributed by atoms with E-state index in [4.69, 9.17) is 12.2 Å². The second-order valence-electron chi connectivity index (χ2n) is 7.34. The van der Waals surface area contributed by atoms with E-state index in [0.717, 1.165) is 23.4 Å². The molecule has 3 rings (SSSR count). The molecule has 1 aromatic heterocycles. The first-order valence-corrected chi connectivity index (χ1v) is 11.5. The van der Waals surface area contributed by atoms with Crippen molar-refractivity contribution in [1.29, 1.82) is 0 Å². The Kier molecular flexibility index (Phi) is 6.87. The number of hydrogen-bond donors (Lipinski definition) is 1. The third kappa shape index (κ3) is 5.72. The van der Waals surface area contributed by atoms with Crippen LogP contribution in [0.25, 0.3) is 0 Å². The van der Waals surface area contributed by atoms with E-state index in [0.29, 0.717) is 36.5 Å². The summed E-state index contributed by atoms with van der Waals surface area (Å²) in [5.41, 5.74) is 0.982. The van der Waals surface area contributed by atoms with Crippen LogP contribution in [0.3, 0.4) is 0 Å². The smallest absolute Gasteiger partial charge is 0.364 e. The van der Waals surface area contributed by atoms with Crippen LogP contribution in [0, 0.1) is 13.8 Å². The quantitative estimate of drug-likeness (QED) is 0.673. The van der Waals surface area contributed by atoms with Gasteiger partial charge in [0.05, 0.1) is 22.0 Å². The van der Waals surface area contributed by atoms with E-state index in [2.05, 4.69) is 10.3 Å². The first-order chi connectivity index (χ1) is 14.5. The predicted molar refractivity (Wildman–Crippen MR) is 117 cm³/mol. The van der Waals surface area contributed by atoms with Crippen LogP contribution in [0.2, 0.25) is 0 Å². The van der Waals surface area contributed by atoms with Crippen molar-refractivity contribution in [2.24, 2.45) is 0 Å². The number of aryl methyl sites for hydroxylation is 2. The summed E-state index contributed by atoms with van der Waals surface area (Å²) >= 11 is 5.47. The van der Waals surface area contributed by atoms with Crippen molar-refractivity contribution in [3.05, 3.63) is 53.2 Å². The van der Waals surface area contributed by atoms with E-state index in [1.165, 1.54) is 10.4 Å². The zero-order chi connectivity index (χ0) is 22.8. The lowest BCUT2D eigenvalue weighted by Crippen LogP contribution is -2.51. The molecule has 168 valence electrons. The highest BCUT2D eigenvalue weighted by Gasteiger charge is 2.34. The van der Waals surface area contributed by atoms with Crippen molar-refractivity contribution in [3.63, 3.8) is 0 Å². The molecule has 6 nitrogen and oxygen atoms in total. The number of aromatic nitrogens is 1. The molecule has 0 aliphatic carbocycles. The van der Waals surface area contributed by atoms with Crippen LogP contribution in [0.5, 0.6) is 0 Å². The SMILES string of the molecule is Cc1cc(C)nc(NCC(=S)N2CCN(S(=O)(=O)c3cccc(C(F)(F)F)c3)CC2)c1. The maximum atomic E-state index is 12.9. The molecule has 31 heavy (non-hydrogen) atoms. The minimum Gasteiger partial charge on any atom is -0.364 e. The van der Waals surface area contributed by atoms with Crippen molar-refractivity contribution in [2.45, 2.75) is 24.9 Å². The number of hydrogen-bond acceptors (Lipinski definition) is 5. The van der Waals surface area contributed by atoms with Gasteiger partial charge in [-0.2, -0.15) is 17.5 Å². The zero-order valence-electron chi connectivity index (χ0n) is 17.1. The van der Waals surface area contributed by atoms with Gasteiger partial charge in [0.1, 0.15) is 5.82 Å². The van der Waals surface area contributed by atoms with Gasteiger partial charge in [0.25, 0.3) is 0 Å². The number of nitrogens with one attached hydrogen (secondary N) is 1. The van der Waals surface area contributed by atoms with Crippen LogP contribution in [0.4, 0.5) is 19.0 Å². The topological polar surface area (TPSA) is 65.5 Å². The molecule has 1 aliphatic heterocycles. The van der Waals surface area contributed by atoms with E-state index < -0.39 is 21.8 Å². The summed E-state index contributed by atoms with van der Waals surface area (Å²) in [4.78, 5) is 6.55.